The number of nitrogens with zero attached hydrogens (tertiary/aromatic N) is 5. The third-order valence-corrected chi connectivity index (χ3v) is 10.3. The summed E-state index contributed by atoms with van der Waals surface area (Å²) in [5.74, 6) is 5.01. The van der Waals surface area contributed by atoms with Gasteiger partial charge in [0.2, 0.25) is 0 Å². The molecule has 2 aliphatic heterocycles. The molecule has 3 aromatic rings. The van der Waals surface area contributed by atoms with Crippen molar-refractivity contribution in [3.63, 3.8) is 0 Å². The Morgan fingerprint density at radius 1 is 0.600 bits per heavy atom. The highest BCUT2D eigenvalue weighted by Crippen LogP contribution is 2.44. The van der Waals surface area contributed by atoms with Crippen molar-refractivity contribution in [2.45, 2.75) is 138 Å². The molecule has 1 atom stereocenters. The molecule has 0 N–H and O–H groups in total. The fourth-order valence-corrected chi connectivity index (χ4v) is 7.53. The molecule has 3 aromatic carbocycles. The first-order valence-corrected chi connectivity index (χ1v) is 18.9. The van der Waals surface area contributed by atoms with Crippen molar-refractivity contribution in [2.24, 2.45) is 9.98 Å². The van der Waals surface area contributed by atoms with Gasteiger partial charge in [-0.15, -0.1) is 0 Å². The van der Waals surface area contributed by atoms with Gasteiger partial charge >= 0.3 is 0 Å². The molecule has 1 fully saturated rings. The second-order valence-electron chi connectivity index (χ2n) is 16.0. The van der Waals surface area contributed by atoms with E-state index in [1.54, 1.807) is 0 Å². The third kappa shape index (κ3) is 7.06. The minimum Gasteiger partial charge on any atom is -0.313 e. The van der Waals surface area contributed by atoms with E-state index >= 15 is 0 Å². The molecule has 0 radical (unpaired) electrons. The fourth-order valence-electron chi connectivity index (χ4n) is 7.53. The van der Waals surface area contributed by atoms with Crippen molar-refractivity contribution in [1.82, 2.24) is 9.80 Å². The first kappa shape index (κ1) is 37.1. The van der Waals surface area contributed by atoms with Crippen LogP contribution in [0.25, 0.3) is 0 Å². The van der Waals surface area contributed by atoms with Crippen LogP contribution in [0.1, 0.15) is 165 Å². The van der Waals surface area contributed by atoms with Gasteiger partial charge in [-0.1, -0.05) is 144 Å². The second-order valence-corrected chi connectivity index (χ2v) is 16.0. The van der Waals surface area contributed by atoms with E-state index in [1.165, 1.54) is 39.1 Å². The number of rotatable bonds is 9. The van der Waals surface area contributed by atoms with Crippen LogP contribution in [0.15, 0.2) is 89.4 Å². The van der Waals surface area contributed by atoms with Gasteiger partial charge in [-0.25, -0.2) is 9.98 Å². The first-order chi connectivity index (χ1) is 23.6. The number of hydrogen-bond acceptors (Lipinski definition) is 3. The highest BCUT2D eigenvalue weighted by atomic mass is 15.5. The van der Waals surface area contributed by atoms with Gasteiger partial charge in [0, 0.05) is 18.8 Å². The van der Waals surface area contributed by atoms with Gasteiger partial charge in [0.25, 0.3) is 0 Å². The van der Waals surface area contributed by atoms with Gasteiger partial charge in [0.05, 0.1) is 17.1 Å². The Hall–Kier alpha value is -4.12. The van der Waals surface area contributed by atoms with Crippen LogP contribution < -0.4 is 4.90 Å². The summed E-state index contributed by atoms with van der Waals surface area (Å²) in [7, 11) is 0. The molecule has 1 saturated heterocycles. The van der Waals surface area contributed by atoms with Crippen LogP contribution in [0.4, 0.5) is 17.1 Å². The Morgan fingerprint density at radius 2 is 1.00 bits per heavy atom. The Bertz CT molecular complexity index is 1720. The zero-order valence-corrected chi connectivity index (χ0v) is 33.0. The Balaban J connectivity index is 1.72. The predicted octanol–water partition coefficient (Wildman–Crippen LogP) is 13.0. The number of anilines is 1. The maximum absolute atomic E-state index is 5.74. The summed E-state index contributed by atoms with van der Waals surface area (Å²) >= 11 is 0. The largest absolute Gasteiger partial charge is 0.313 e. The van der Waals surface area contributed by atoms with Gasteiger partial charge in [-0.05, 0) is 75.8 Å². The molecule has 0 spiro atoms. The van der Waals surface area contributed by atoms with E-state index in [-0.39, 0.29) is 6.17 Å². The van der Waals surface area contributed by atoms with Crippen molar-refractivity contribution in [3.05, 3.63) is 113 Å². The number of amidine groups is 2. The zero-order chi connectivity index (χ0) is 36.6. The quantitative estimate of drug-likeness (QED) is 0.168. The van der Waals surface area contributed by atoms with Gasteiger partial charge in [-0.2, -0.15) is 0 Å². The van der Waals surface area contributed by atoms with Crippen LogP contribution in [0.5, 0.6) is 0 Å². The van der Waals surface area contributed by atoms with E-state index in [4.69, 9.17) is 16.6 Å². The lowest BCUT2D eigenvalue weighted by molar-refractivity contribution is 0.243. The minimum absolute atomic E-state index is 0.0302. The summed E-state index contributed by atoms with van der Waals surface area (Å²) < 4.78 is 0. The maximum Gasteiger partial charge on any atom is 0.119 e. The molecule has 0 bridgehead atoms. The number of aliphatic imine (C=N–C) groups is 2. The van der Waals surface area contributed by atoms with Gasteiger partial charge in [-0.3, -0.25) is 4.90 Å². The summed E-state index contributed by atoms with van der Waals surface area (Å²) in [4.78, 5) is 18.2. The molecule has 0 amide bonds. The fraction of sp³-hybridized carbons (Fsp3) is 0.467. The SMILES string of the molecule is C=C1N(c2c(C(C)C)cccc2C(C)C)C(=Nc2c(C(C)C)cccc2C(C)C)CC2N1C=CN2C(C)=Nc1c(C(C)C)cccc1C(C)C. The number of para-hydroxylation sites is 3. The normalized spacial score (nSPS) is 17.7. The highest BCUT2D eigenvalue weighted by molar-refractivity contribution is 6.05. The lowest BCUT2D eigenvalue weighted by atomic mass is 9.91. The highest BCUT2D eigenvalue weighted by Gasteiger charge is 2.41. The van der Waals surface area contributed by atoms with Crippen LogP contribution in [-0.2, 0) is 0 Å². The molecule has 2 heterocycles. The molecule has 0 saturated carbocycles. The van der Waals surface area contributed by atoms with E-state index in [2.05, 4.69) is 172 Å². The molecule has 5 rings (SSSR count). The van der Waals surface area contributed by atoms with Crippen LogP contribution in [-0.4, -0.2) is 27.6 Å². The topological polar surface area (TPSA) is 34.4 Å². The molecule has 50 heavy (non-hydrogen) atoms. The van der Waals surface area contributed by atoms with Crippen LogP contribution in [0, 0.1) is 0 Å². The van der Waals surface area contributed by atoms with Gasteiger partial charge in [0.15, 0.2) is 0 Å². The number of hydrogen-bond donors (Lipinski definition) is 0. The molecule has 0 aliphatic carbocycles. The molecular formula is C45H61N5. The average Bonchev–Trinajstić information content (AvgIpc) is 3.48. The second kappa shape index (κ2) is 15.0. The lowest BCUT2D eigenvalue weighted by Gasteiger charge is -2.45. The molecule has 1 unspecified atom stereocenters. The summed E-state index contributed by atoms with van der Waals surface area (Å²) in [6, 6.07) is 20.1. The van der Waals surface area contributed by atoms with Gasteiger partial charge in [0.1, 0.15) is 23.7 Å². The van der Waals surface area contributed by atoms with Crippen LogP contribution in [0.2, 0.25) is 0 Å². The molecule has 0 aromatic heterocycles. The Labute approximate surface area is 303 Å². The van der Waals surface area contributed by atoms with E-state index in [0.29, 0.717) is 41.9 Å². The molecular weight excluding hydrogens is 611 g/mol. The van der Waals surface area contributed by atoms with Gasteiger partial charge < -0.3 is 9.80 Å². The number of fused-ring (bicyclic) bond motifs is 1. The monoisotopic (exact) mass is 671 g/mol. The van der Waals surface area contributed by atoms with E-state index < -0.39 is 0 Å². The predicted molar refractivity (Wildman–Crippen MR) is 217 cm³/mol. The van der Waals surface area contributed by atoms with Crippen LogP contribution >= 0.6 is 0 Å². The standard InChI is InChI=1S/C45H61N5/c1-27(2)35-18-15-19-36(28(3)4)43(35)46-33(13)48-24-25-49-34(14)50(45-39(31(9)10)22-17-23-40(45)32(11)12)41(26-42(48)49)47-44-37(29(5)6)20-16-21-38(44)30(7)8/h15-25,27-32,42H,14,26H2,1-13H3. The van der Waals surface area contributed by atoms with E-state index in [9.17, 15) is 0 Å². The Kier molecular flexibility index (Phi) is 11.1. The summed E-state index contributed by atoms with van der Waals surface area (Å²) in [6.07, 6.45) is 5.04. The van der Waals surface area contributed by atoms with E-state index in [1.807, 2.05) is 0 Å². The smallest absolute Gasteiger partial charge is 0.119 e. The summed E-state index contributed by atoms with van der Waals surface area (Å²) in [6.45, 7) is 34.3. The zero-order valence-electron chi connectivity index (χ0n) is 33.0. The third-order valence-electron chi connectivity index (χ3n) is 10.3. The maximum atomic E-state index is 5.74. The minimum atomic E-state index is -0.0302. The molecule has 5 heteroatoms. The molecule has 266 valence electrons. The van der Waals surface area contributed by atoms with Crippen molar-refractivity contribution in [3.8, 4) is 0 Å². The Morgan fingerprint density at radius 3 is 1.42 bits per heavy atom. The molecule has 2 aliphatic rings. The summed E-state index contributed by atoms with van der Waals surface area (Å²) in [5.41, 5.74) is 11.2. The van der Waals surface area contributed by atoms with Crippen LogP contribution in [0.3, 0.4) is 0 Å². The average molecular weight is 672 g/mol. The van der Waals surface area contributed by atoms with Crippen molar-refractivity contribution < 1.29 is 0 Å². The lowest BCUT2D eigenvalue weighted by Crippen LogP contribution is -2.53. The number of benzene rings is 3. The summed E-state index contributed by atoms with van der Waals surface area (Å²) in [5, 5.41) is 0. The molecule has 5 nitrogen and oxygen atoms in total. The van der Waals surface area contributed by atoms with Crippen molar-refractivity contribution in [1.29, 1.82) is 0 Å². The van der Waals surface area contributed by atoms with Crippen molar-refractivity contribution in [2.75, 3.05) is 4.90 Å². The van der Waals surface area contributed by atoms with Crippen molar-refractivity contribution >= 4 is 28.7 Å². The van der Waals surface area contributed by atoms with E-state index in [0.717, 1.165) is 28.9 Å². The first-order valence-electron chi connectivity index (χ1n) is 18.9.